The summed E-state index contributed by atoms with van der Waals surface area (Å²) in [6, 6.07) is 31.0. The van der Waals surface area contributed by atoms with E-state index in [1.54, 1.807) is 0 Å². The first-order chi connectivity index (χ1) is 12.9. The Hall–Kier alpha value is -3.38. The molecule has 0 fully saturated rings. The molecular formula is C26H22. The molecule has 3 aromatic carbocycles. The van der Waals surface area contributed by atoms with Gasteiger partial charge in [0.1, 0.15) is 0 Å². The van der Waals surface area contributed by atoms with Crippen molar-refractivity contribution in [3.63, 3.8) is 0 Å². The van der Waals surface area contributed by atoms with Gasteiger partial charge in [-0.05, 0) is 22.3 Å². The van der Waals surface area contributed by atoms with Crippen LogP contribution in [0.4, 0.5) is 0 Å². The average Bonchev–Trinajstić information content (AvgIpc) is 2.72. The summed E-state index contributed by atoms with van der Waals surface area (Å²) in [5, 5.41) is 0. The number of allylic oxidation sites excluding steroid dienone is 5. The third-order valence-corrected chi connectivity index (χ3v) is 3.91. The minimum atomic E-state index is 1.14. The molecule has 0 atom stereocenters. The van der Waals surface area contributed by atoms with E-state index in [0.717, 1.165) is 5.57 Å². The molecule has 0 nitrogen and oxygen atoms in total. The largest absolute Gasteiger partial charge is 0.0622 e. The van der Waals surface area contributed by atoms with Gasteiger partial charge in [-0.1, -0.05) is 134 Å². The summed E-state index contributed by atoms with van der Waals surface area (Å²) in [6.07, 6.45) is 14.9. The highest BCUT2D eigenvalue weighted by Gasteiger charge is 1.89. The molecule has 0 amide bonds. The molecule has 26 heavy (non-hydrogen) atoms. The molecule has 0 aliphatic carbocycles. The van der Waals surface area contributed by atoms with Crippen LogP contribution in [0.15, 0.2) is 121 Å². The molecule has 0 aromatic heterocycles. The fourth-order valence-corrected chi connectivity index (χ4v) is 2.51. The molecule has 0 N–H and O–H groups in total. The zero-order chi connectivity index (χ0) is 17.9. The van der Waals surface area contributed by atoms with Gasteiger partial charge in [0.15, 0.2) is 0 Å². The van der Waals surface area contributed by atoms with Crippen molar-refractivity contribution in [1.82, 2.24) is 0 Å². The maximum absolute atomic E-state index is 2.14. The highest BCUT2D eigenvalue weighted by atomic mass is 13.9. The molecule has 0 spiro atoms. The van der Waals surface area contributed by atoms with Gasteiger partial charge in [0.05, 0.1) is 0 Å². The zero-order valence-electron chi connectivity index (χ0n) is 14.7. The van der Waals surface area contributed by atoms with Gasteiger partial charge in [-0.3, -0.25) is 0 Å². The Bertz CT molecular complexity index is 845. The van der Waals surface area contributed by atoms with Crippen LogP contribution in [0.25, 0.3) is 18.2 Å². The highest BCUT2D eigenvalue weighted by molar-refractivity contribution is 5.61. The Balaban J connectivity index is 1.80. The Kier molecular flexibility index (Phi) is 6.58. The van der Waals surface area contributed by atoms with E-state index in [1.807, 2.05) is 18.2 Å². The van der Waals surface area contributed by atoms with Gasteiger partial charge in [-0.25, -0.2) is 0 Å². The Morgan fingerprint density at radius 1 is 0.462 bits per heavy atom. The second-order valence-electron chi connectivity index (χ2n) is 5.92. The SMILES string of the molecule is C(/C=C/c1ccccc1)=C(/C=C/c1ccccc1)/C=C/c1ccccc1. The van der Waals surface area contributed by atoms with Gasteiger partial charge < -0.3 is 0 Å². The molecule has 3 rings (SSSR count). The fraction of sp³-hybridized carbons (Fsp3) is 0. The van der Waals surface area contributed by atoms with E-state index in [1.165, 1.54) is 16.7 Å². The third-order valence-electron chi connectivity index (χ3n) is 3.91. The van der Waals surface area contributed by atoms with Crippen LogP contribution in [-0.4, -0.2) is 0 Å². The molecule has 0 aliphatic rings. The lowest BCUT2D eigenvalue weighted by Crippen LogP contribution is -1.75. The van der Waals surface area contributed by atoms with Gasteiger partial charge in [-0.2, -0.15) is 0 Å². The molecule has 3 aromatic rings. The molecule has 0 bridgehead atoms. The number of hydrogen-bond donors (Lipinski definition) is 0. The fourth-order valence-electron chi connectivity index (χ4n) is 2.51. The Morgan fingerprint density at radius 3 is 1.27 bits per heavy atom. The molecule has 0 radical (unpaired) electrons. The number of benzene rings is 3. The standard InChI is InChI=1S/C26H22/c1-4-11-23(12-5-1)17-10-18-26(21-19-24-13-6-2-7-14-24)22-20-25-15-8-3-9-16-25/h1-22H/b17-10+,21-19+,22-20+. The van der Waals surface area contributed by atoms with Crippen molar-refractivity contribution in [2.45, 2.75) is 0 Å². The van der Waals surface area contributed by atoms with Crippen LogP contribution in [0, 0.1) is 0 Å². The second kappa shape index (κ2) is 9.80. The van der Waals surface area contributed by atoms with Crippen molar-refractivity contribution in [1.29, 1.82) is 0 Å². The van der Waals surface area contributed by atoms with E-state index in [-0.39, 0.29) is 0 Å². The van der Waals surface area contributed by atoms with E-state index in [4.69, 9.17) is 0 Å². The minimum Gasteiger partial charge on any atom is -0.0622 e. The normalized spacial score (nSPS) is 11.4. The average molecular weight is 334 g/mol. The maximum Gasteiger partial charge on any atom is -0.0256 e. The van der Waals surface area contributed by atoms with Crippen LogP contribution in [0.5, 0.6) is 0 Å². The van der Waals surface area contributed by atoms with Gasteiger partial charge >= 0.3 is 0 Å². The van der Waals surface area contributed by atoms with Gasteiger partial charge in [0.25, 0.3) is 0 Å². The summed E-state index contributed by atoms with van der Waals surface area (Å²) in [5.41, 5.74) is 4.73. The van der Waals surface area contributed by atoms with Crippen LogP contribution >= 0.6 is 0 Å². The van der Waals surface area contributed by atoms with Crippen molar-refractivity contribution < 1.29 is 0 Å². The summed E-state index contributed by atoms with van der Waals surface area (Å²) in [6.45, 7) is 0. The molecule has 0 aliphatic heterocycles. The molecule has 0 saturated carbocycles. The van der Waals surface area contributed by atoms with E-state index in [2.05, 4.69) is 115 Å². The monoisotopic (exact) mass is 334 g/mol. The molecule has 126 valence electrons. The van der Waals surface area contributed by atoms with E-state index in [0.29, 0.717) is 0 Å². The number of hydrogen-bond acceptors (Lipinski definition) is 0. The Morgan fingerprint density at radius 2 is 0.846 bits per heavy atom. The van der Waals surface area contributed by atoms with Gasteiger partial charge in [0.2, 0.25) is 0 Å². The topological polar surface area (TPSA) is 0 Å². The van der Waals surface area contributed by atoms with Crippen LogP contribution in [0.2, 0.25) is 0 Å². The zero-order valence-corrected chi connectivity index (χ0v) is 14.7. The predicted octanol–water partition coefficient (Wildman–Crippen LogP) is 7.05. The molecule has 0 heteroatoms. The van der Waals surface area contributed by atoms with E-state index in [9.17, 15) is 0 Å². The second-order valence-corrected chi connectivity index (χ2v) is 5.92. The first kappa shape index (κ1) is 17.4. The van der Waals surface area contributed by atoms with Crippen molar-refractivity contribution in [3.05, 3.63) is 138 Å². The van der Waals surface area contributed by atoms with Gasteiger partial charge in [-0.15, -0.1) is 0 Å². The van der Waals surface area contributed by atoms with E-state index >= 15 is 0 Å². The minimum absolute atomic E-state index is 1.14. The summed E-state index contributed by atoms with van der Waals surface area (Å²) >= 11 is 0. The molecule has 0 heterocycles. The lowest BCUT2D eigenvalue weighted by molar-refractivity contribution is 1.63. The predicted molar refractivity (Wildman–Crippen MR) is 115 cm³/mol. The van der Waals surface area contributed by atoms with Crippen LogP contribution in [0.3, 0.4) is 0 Å². The summed E-state index contributed by atoms with van der Waals surface area (Å²) < 4.78 is 0. The highest BCUT2D eigenvalue weighted by Crippen LogP contribution is 2.11. The molecule has 0 saturated heterocycles. The van der Waals surface area contributed by atoms with Crippen LogP contribution in [0.1, 0.15) is 16.7 Å². The molecular weight excluding hydrogens is 312 g/mol. The smallest absolute Gasteiger partial charge is 0.0256 e. The summed E-state index contributed by atoms with van der Waals surface area (Å²) in [5.74, 6) is 0. The first-order valence-electron chi connectivity index (χ1n) is 8.80. The van der Waals surface area contributed by atoms with Crippen molar-refractivity contribution in [2.75, 3.05) is 0 Å². The maximum atomic E-state index is 2.14. The lowest BCUT2D eigenvalue weighted by atomic mass is 10.1. The van der Waals surface area contributed by atoms with Crippen molar-refractivity contribution >= 4 is 18.2 Å². The van der Waals surface area contributed by atoms with Gasteiger partial charge in [0, 0.05) is 0 Å². The van der Waals surface area contributed by atoms with Crippen molar-refractivity contribution in [3.8, 4) is 0 Å². The van der Waals surface area contributed by atoms with Crippen LogP contribution < -0.4 is 0 Å². The summed E-state index contributed by atoms with van der Waals surface area (Å²) in [4.78, 5) is 0. The quantitative estimate of drug-likeness (QED) is 0.424. The summed E-state index contributed by atoms with van der Waals surface area (Å²) in [7, 11) is 0. The van der Waals surface area contributed by atoms with Crippen molar-refractivity contribution in [2.24, 2.45) is 0 Å². The number of rotatable bonds is 6. The third kappa shape index (κ3) is 5.92. The molecule has 0 unspecified atom stereocenters. The van der Waals surface area contributed by atoms with E-state index < -0.39 is 0 Å². The lowest BCUT2D eigenvalue weighted by Gasteiger charge is -1.96. The van der Waals surface area contributed by atoms with Crippen LogP contribution in [-0.2, 0) is 0 Å². The first-order valence-corrected chi connectivity index (χ1v) is 8.80. The Labute approximate surface area is 156 Å².